The molecule has 0 spiro atoms. The average Bonchev–Trinajstić information content (AvgIpc) is 2.61. The van der Waals surface area contributed by atoms with Crippen molar-refractivity contribution in [1.82, 2.24) is 4.90 Å². The number of unbranched alkanes of at least 4 members (excludes halogenated alkanes) is 1. The van der Waals surface area contributed by atoms with Crippen molar-refractivity contribution in [2.24, 2.45) is 22.2 Å². The Labute approximate surface area is 211 Å². The van der Waals surface area contributed by atoms with Crippen molar-refractivity contribution < 1.29 is 18.7 Å². The second-order valence-electron chi connectivity index (χ2n) is 13.9. The van der Waals surface area contributed by atoms with Gasteiger partial charge in [0.25, 0.3) is 0 Å². The van der Waals surface area contributed by atoms with Crippen LogP contribution in [0.3, 0.4) is 0 Å². The highest BCUT2D eigenvalue weighted by Crippen LogP contribution is 2.51. The summed E-state index contributed by atoms with van der Waals surface area (Å²) in [5, 5.41) is 0. The molecule has 0 aromatic heterocycles. The lowest BCUT2D eigenvalue weighted by Gasteiger charge is -2.42. The van der Waals surface area contributed by atoms with E-state index in [0.29, 0.717) is 31.8 Å². The molecule has 1 fully saturated rings. The highest BCUT2D eigenvalue weighted by atomic mass is 31.2. The number of nitrogens with zero attached hydrogens (tertiary/aromatic N) is 1. The molecule has 1 saturated heterocycles. The fourth-order valence-electron chi connectivity index (χ4n) is 5.83. The number of amides is 1. The molecule has 1 rings (SSSR count). The fourth-order valence-corrected chi connectivity index (χ4v) is 7.39. The van der Waals surface area contributed by atoms with E-state index in [9.17, 15) is 9.69 Å². The summed E-state index contributed by atoms with van der Waals surface area (Å²) in [6.45, 7) is 25.1. The van der Waals surface area contributed by atoms with Crippen LogP contribution in [0.1, 0.15) is 121 Å². The van der Waals surface area contributed by atoms with Crippen molar-refractivity contribution >= 4 is 19.8 Å². The van der Waals surface area contributed by atoms with Crippen molar-refractivity contribution in [3.63, 3.8) is 0 Å². The highest BCUT2D eigenvalue weighted by Gasteiger charge is 2.41. The number of carbonyl (C=O) groups excluding carboxylic acids is 1. The van der Waals surface area contributed by atoms with Gasteiger partial charge in [0.2, 0.25) is 13.5 Å². The molecule has 0 aromatic rings. The minimum absolute atomic E-state index is 0.0738. The number of carbonyl (C=O) groups is 1. The molecule has 0 radical (unpaired) electrons. The quantitative estimate of drug-likeness (QED) is 0.279. The van der Waals surface area contributed by atoms with Crippen molar-refractivity contribution in [1.29, 1.82) is 0 Å². The first-order chi connectivity index (χ1) is 15.2. The Kier molecular flexibility index (Phi) is 11.0. The van der Waals surface area contributed by atoms with E-state index in [1.807, 2.05) is 18.7 Å². The Bertz CT molecular complexity index is 700. The first kappa shape index (κ1) is 31.7. The SMILES string of the molecule is C=P(O)(OC1CCN(C(=O)C(C)(C)CC(C)(C)C(C)CCCC)CC1)OC(C)(C)CC(C)(C)C. The molecular weight excluding hydrogens is 445 g/mol. The summed E-state index contributed by atoms with van der Waals surface area (Å²) in [4.78, 5) is 26.3. The molecule has 34 heavy (non-hydrogen) atoms. The number of hydrogen-bond acceptors (Lipinski definition) is 4. The van der Waals surface area contributed by atoms with Crippen LogP contribution in [-0.2, 0) is 13.8 Å². The van der Waals surface area contributed by atoms with E-state index in [4.69, 9.17) is 9.05 Å². The molecule has 0 bridgehead atoms. The molecule has 1 aliphatic heterocycles. The summed E-state index contributed by atoms with van der Waals surface area (Å²) in [5.74, 6) is 0.809. The minimum atomic E-state index is -3.20. The molecule has 6 heteroatoms. The second kappa shape index (κ2) is 11.8. The maximum atomic E-state index is 13.5. The Morgan fingerprint density at radius 2 is 1.59 bits per heavy atom. The second-order valence-corrected chi connectivity index (χ2v) is 15.6. The predicted molar refractivity (Wildman–Crippen MR) is 147 cm³/mol. The first-order valence-electron chi connectivity index (χ1n) is 13.3. The summed E-state index contributed by atoms with van der Waals surface area (Å²) in [6.07, 6.45) is 10.5. The van der Waals surface area contributed by atoms with Crippen molar-refractivity contribution in [3.8, 4) is 0 Å². The lowest BCUT2D eigenvalue weighted by atomic mass is 9.67. The molecule has 1 aliphatic rings. The molecule has 0 aromatic carbocycles. The maximum Gasteiger partial charge on any atom is 0.248 e. The summed E-state index contributed by atoms with van der Waals surface area (Å²) in [7, 11) is -3.20. The van der Waals surface area contributed by atoms with Gasteiger partial charge in [-0.15, -0.1) is 0 Å². The molecule has 0 saturated carbocycles. The third-order valence-corrected chi connectivity index (χ3v) is 8.60. The maximum absolute atomic E-state index is 13.5. The molecule has 0 aliphatic carbocycles. The first-order valence-corrected chi connectivity index (χ1v) is 15.1. The van der Waals surface area contributed by atoms with E-state index in [0.717, 1.165) is 12.8 Å². The van der Waals surface area contributed by atoms with E-state index in [2.05, 4.69) is 68.6 Å². The summed E-state index contributed by atoms with van der Waals surface area (Å²) in [6, 6.07) is 0. The van der Waals surface area contributed by atoms with Gasteiger partial charge in [-0.25, -0.2) is 0 Å². The molecule has 2 atom stereocenters. The Morgan fingerprint density at radius 1 is 1.06 bits per heavy atom. The number of likely N-dealkylation sites (tertiary alicyclic amines) is 1. The minimum Gasteiger partial charge on any atom is -0.342 e. The smallest absolute Gasteiger partial charge is 0.248 e. The van der Waals surface area contributed by atoms with E-state index in [-0.39, 0.29) is 22.8 Å². The summed E-state index contributed by atoms with van der Waals surface area (Å²) < 4.78 is 12.0. The van der Waals surface area contributed by atoms with Gasteiger partial charge in [-0.05, 0) is 62.6 Å². The average molecular weight is 502 g/mol. The van der Waals surface area contributed by atoms with Gasteiger partial charge in [0.05, 0.1) is 11.7 Å². The lowest BCUT2D eigenvalue weighted by molar-refractivity contribution is -0.144. The van der Waals surface area contributed by atoms with Crippen LogP contribution in [0.25, 0.3) is 0 Å². The Hall–Kier alpha value is -0.350. The summed E-state index contributed by atoms with van der Waals surface area (Å²) in [5.41, 5.74) is -0.742. The fraction of sp³-hybridized carbons (Fsp3) is 0.929. The molecular formula is C28H56NO4P. The van der Waals surface area contributed by atoms with Crippen molar-refractivity contribution in [2.75, 3.05) is 13.1 Å². The molecule has 1 heterocycles. The predicted octanol–water partition coefficient (Wildman–Crippen LogP) is 7.68. The van der Waals surface area contributed by atoms with Gasteiger partial charge in [-0.2, -0.15) is 0 Å². The van der Waals surface area contributed by atoms with Crippen molar-refractivity contribution in [2.45, 2.75) is 133 Å². The molecule has 5 nitrogen and oxygen atoms in total. The zero-order chi connectivity index (χ0) is 26.6. The van der Waals surface area contributed by atoms with Crippen LogP contribution in [0.2, 0.25) is 0 Å². The molecule has 2 unspecified atom stereocenters. The van der Waals surface area contributed by atoms with Gasteiger partial charge in [0.15, 0.2) is 0 Å². The van der Waals surface area contributed by atoms with Crippen molar-refractivity contribution in [3.05, 3.63) is 0 Å². The third kappa shape index (κ3) is 10.7. The van der Waals surface area contributed by atoms with Crippen LogP contribution in [0.15, 0.2) is 0 Å². The zero-order valence-electron chi connectivity index (χ0n) is 24.3. The topological polar surface area (TPSA) is 59.0 Å². The van der Waals surface area contributed by atoms with Crippen LogP contribution < -0.4 is 0 Å². The van der Waals surface area contributed by atoms with Gasteiger partial charge in [-0.3, -0.25) is 4.79 Å². The number of piperidine rings is 1. The van der Waals surface area contributed by atoms with E-state index in [1.54, 1.807) is 0 Å². The van der Waals surface area contributed by atoms with Gasteiger partial charge in [0.1, 0.15) is 0 Å². The van der Waals surface area contributed by atoms with Crippen LogP contribution in [-0.4, -0.2) is 46.8 Å². The Balaban J connectivity index is 2.66. The molecule has 1 N–H and O–H groups in total. The van der Waals surface area contributed by atoms with E-state index in [1.165, 1.54) is 19.3 Å². The normalized spacial score (nSPS) is 19.7. The van der Waals surface area contributed by atoms with Crippen LogP contribution >= 0.6 is 7.57 Å². The summed E-state index contributed by atoms with van der Waals surface area (Å²) >= 11 is 0. The lowest BCUT2D eigenvalue weighted by Crippen LogP contribution is -2.48. The van der Waals surface area contributed by atoms with Crippen LogP contribution in [0.4, 0.5) is 0 Å². The third-order valence-electron chi connectivity index (χ3n) is 7.19. The van der Waals surface area contributed by atoms with Crippen LogP contribution in [0.5, 0.6) is 0 Å². The van der Waals surface area contributed by atoms with Crippen LogP contribution in [0, 0.1) is 22.2 Å². The monoisotopic (exact) mass is 501 g/mol. The van der Waals surface area contributed by atoms with Gasteiger partial charge < -0.3 is 18.8 Å². The number of rotatable bonds is 12. The zero-order valence-corrected chi connectivity index (χ0v) is 25.2. The van der Waals surface area contributed by atoms with E-state index >= 15 is 0 Å². The molecule has 202 valence electrons. The number of hydrogen-bond donors (Lipinski definition) is 1. The van der Waals surface area contributed by atoms with Gasteiger partial charge in [0, 0.05) is 18.5 Å². The van der Waals surface area contributed by atoms with Gasteiger partial charge in [-0.1, -0.05) is 81.6 Å². The Morgan fingerprint density at radius 3 is 2.06 bits per heavy atom. The largest absolute Gasteiger partial charge is 0.342 e. The van der Waals surface area contributed by atoms with E-state index < -0.39 is 18.6 Å². The molecule has 1 amide bonds. The standard InChI is InChI=1S/C28H56NO4P/c1-13-14-15-22(2)26(6,7)21-27(8,9)24(30)29-18-16-23(17-19-29)32-34(12,31)33-28(10,11)20-25(3,4)5/h22-23,31H,12-21H2,1-11H3. The highest BCUT2D eigenvalue weighted by molar-refractivity contribution is 7.58. The van der Waals surface area contributed by atoms with Gasteiger partial charge >= 0.3 is 0 Å².